The van der Waals surface area contributed by atoms with E-state index >= 15 is 0 Å². The van der Waals surface area contributed by atoms with Gasteiger partial charge in [-0.15, -0.1) is 0 Å². The molecule has 1 aliphatic rings. The number of amides is 3. The Labute approximate surface area is 230 Å². The van der Waals surface area contributed by atoms with Gasteiger partial charge >= 0.3 is 11.9 Å². The molecule has 0 aromatic heterocycles. The second-order valence-electron chi connectivity index (χ2n) is 9.71. The Morgan fingerprint density at radius 1 is 0.925 bits per heavy atom. The summed E-state index contributed by atoms with van der Waals surface area (Å²) in [4.78, 5) is 61.3. The molecule has 0 radical (unpaired) electrons. The fourth-order valence-electron chi connectivity index (χ4n) is 4.13. The van der Waals surface area contributed by atoms with Crippen molar-refractivity contribution in [2.75, 3.05) is 6.54 Å². The first-order valence-electron chi connectivity index (χ1n) is 12.8. The second kappa shape index (κ2) is 13.6. The predicted molar refractivity (Wildman–Crippen MR) is 141 cm³/mol. The molecule has 0 spiro atoms. The maximum Gasteiger partial charge on any atom is 0.326 e. The molecule has 12 heteroatoms. The van der Waals surface area contributed by atoms with Crippen molar-refractivity contribution in [3.63, 3.8) is 0 Å². The third-order valence-electron chi connectivity index (χ3n) is 6.55. The second-order valence-corrected chi connectivity index (χ2v) is 9.71. The number of hydrogen-bond acceptors (Lipinski definition) is 7. The van der Waals surface area contributed by atoms with Crippen LogP contribution in [0.5, 0.6) is 5.75 Å². The molecule has 1 fully saturated rings. The number of rotatable bonds is 15. The van der Waals surface area contributed by atoms with Crippen LogP contribution in [0, 0.1) is 0 Å². The molecule has 6 N–H and O–H groups in total. The minimum absolute atomic E-state index is 0.0129. The number of aromatic hydroxyl groups is 1. The van der Waals surface area contributed by atoms with Crippen LogP contribution in [0.1, 0.15) is 37.3 Å². The van der Waals surface area contributed by atoms with Gasteiger partial charge < -0.3 is 36.0 Å². The Morgan fingerprint density at radius 2 is 1.60 bits per heavy atom. The first-order valence-corrected chi connectivity index (χ1v) is 12.8. The monoisotopic (exact) mass is 555 g/mol. The predicted octanol–water partition coefficient (Wildman–Crippen LogP) is 0.760. The van der Waals surface area contributed by atoms with E-state index in [1.54, 1.807) is 0 Å². The van der Waals surface area contributed by atoms with Gasteiger partial charge in [-0.05, 0) is 49.4 Å². The number of ether oxygens (including phenoxy) is 1. The topological polar surface area (TPSA) is 195 Å². The van der Waals surface area contributed by atoms with E-state index in [-0.39, 0.29) is 31.4 Å². The zero-order chi connectivity index (χ0) is 29.3. The van der Waals surface area contributed by atoms with E-state index in [1.165, 1.54) is 31.2 Å². The maximum atomic E-state index is 13.0. The summed E-state index contributed by atoms with van der Waals surface area (Å²) in [6, 6.07) is 12.9. The number of aliphatic carboxylic acids is 2. The molecule has 3 rings (SSSR count). The number of carboxylic acids is 2. The summed E-state index contributed by atoms with van der Waals surface area (Å²) >= 11 is 0. The van der Waals surface area contributed by atoms with E-state index in [2.05, 4.69) is 16.0 Å². The minimum Gasteiger partial charge on any atom is -0.508 e. The number of carbonyl (C=O) groups excluding carboxylic acids is 3. The van der Waals surface area contributed by atoms with Gasteiger partial charge in [-0.2, -0.15) is 0 Å². The molecule has 40 heavy (non-hydrogen) atoms. The summed E-state index contributed by atoms with van der Waals surface area (Å²) in [5.74, 6) is -4.38. The van der Waals surface area contributed by atoms with Crippen LogP contribution >= 0.6 is 0 Å². The lowest BCUT2D eigenvalue weighted by atomic mass is 10.0. The molecule has 2 aromatic carbocycles. The van der Waals surface area contributed by atoms with Gasteiger partial charge in [-0.25, -0.2) is 4.79 Å². The molecule has 1 aliphatic heterocycles. The first-order chi connectivity index (χ1) is 19.0. The fraction of sp³-hybridized carbons (Fsp3) is 0.393. The lowest BCUT2D eigenvalue weighted by Crippen LogP contribution is -2.52. The summed E-state index contributed by atoms with van der Waals surface area (Å²) in [7, 11) is 0. The van der Waals surface area contributed by atoms with E-state index in [4.69, 9.17) is 9.84 Å². The van der Waals surface area contributed by atoms with E-state index < -0.39 is 53.4 Å². The zero-order valence-corrected chi connectivity index (χ0v) is 22.0. The van der Waals surface area contributed by atoms with Crippen LogP contribution < -0.4 is 16.0 Å². The van der Waals surface area contributed by atoms with E-state index in [9.17, 15) is 34.2 Å². The van der Waals surface area contributed by atoms with Crippen molar-refractivity contribution >= 4 is 29.7 Å². The summed E-state index contributed by atoms with van der Waals surface area (Å²) in [5, 5.41) is 35.6. The van der Waals surface area contributed by atoms with Gasteiger partial charge in [0.25, 0.3) is 11.8 Å². The molecule has 3 amide bonds. The Balaban J connectivity index is 1.58. The standard InChI is InChI=1S/C28H33N3O9/c1-28(23(40-28)25(36)30-21(26(37)38)16-18-10-12-19(32)13-11-18)27(39)31-20(8-5-9-22(33)34)24(35)29-15-14-17-6-3-2-4-7-17/h2-4,6-7,10-13,20-21,23,32H,5,8-9,14-16H2,1H3,(H,29,35)(H,30,36)(H,31,39)(H,33,34)(H,37,38)/t20-,21-,23+,28-/m0/s1. The average molecular weight is 556 g/mol. The number of phenols is 1. The van der Waals surface area contributed by atoms with Gasteiger partial charge in [-0.1, -0.05) is 42.5 Å². The van der Waals surface area contributed by atoms with Gasteiger partial charge in [0, 0.05) is 19.4 Å². The lowest BCUT2D eigenvalue weighted by molar-refractivity contribution is -0.142. The van der Waals surface area contributed by atoms with Crippen molar-refractivity contribution in [3.8, 4) is 5.75 Å². The smallest absolute Gasteiger partial charge is 0.326 e. The SMILES string of the molecule is C[C@]1(C(=O)N[C@@H](CCCC(=O)O)C(=O)NCCc2ccccc2)O[C@@H]1C(=O)N[C@@H](Cc1ccc(O)cc1)C(=O)O. The number of nitrogens with one attached hydrogen (secondary N) is 3. The van der Waals surface area contributed by atoms with Crippen molar-refractivity contribution in [2.45, 2.75) is 62.8 Å². The number of phenolic OH excluding ortho intramolecular Hbond substituents is 1. The zero-order valence-electron chi connectivity index (χ0n) is 22.0. The molecular formula is C28H33N3O9. The van der Waals surface area contributed by atoms with Crippen molar-refractivity contribution < 1.29 is 44.0 Å². The quantitative estimate of drug-likeness (QED) is 0.172. The molecule has 1 heterocycles. The summed E-state index contributed by atoms with van der Waals surface area (Å²) in [5.41, 5.74) is -0.0709. The average Bonchev–Trinajstić information content (AvgIpc) is 3.62. The summed E-state index contributed by atoms with van der Waals surface area (Å²) in [6.45, 7) is 1.65. The van der Waals surface area contributed by atoms with Gasteiger partial charge in [-0.3, -0.25) is 19.2 Å². The maximum absolute atomic E-state index is 13.0. The minimum atomic E-state index is -1.64. The van der Waals surface area contributed by atoms with E-state index in [0.717, 1.165) is 5.56 Å². The van der Waals surface area contributed by atoms with Crippen molar-refractivity contribution in [1.82, 2.24) is 16.0 Å². The third-order valence-corrected chi connectivity index (χ3v) is 6.55. The van der Waals surface area contributed by atoms with Gasteiger partial charge in [0.1, 0.15) is 17.8 Å². The van der Waals surface area contributed by atoms with Crippen LogP contribution in [0.25, 0.3) is 0 Å². The highest BCUT2D eigenvalue weighted by Crippen LogP contribution is 2.37. The lowest BCUT2D eigenvalue weighted by Gasteiger charge is -2.20. The van der Waals surface area contributed by atoms with Crippen molar-refractivity contribution in [3.05, 3.63) is 65.7 Å². The van der Waals surface area contributed by atoms with Crippen molar-refractivity contribution in [1.29, 1.82) is 0 Å². The molecule has 1 saturated heterocycles. The van der Waals surface area contributed by atoms with Crippen molar-refractivity contribution in [2.24, 2.45) is 0 Å². The molecular weight excluding hydrogens is 522 g/mol. The molecule has 4 atom stereocenters. The third kappa shape index (κ3) is 8.53. The number of carboxylic acid groups (broad SMARTS) is 2. The molecule has 0 unspecified atom stereocenters. The van der Waals surface area contributed by atoms with Crippen LogP contribution in [-0.4, -0.2) is 75.3 Å². The normalized spacial score (nSPS) is 19.1. The van der Waals surface area contributed by atoms with Crippen LogP contribution in [0.2, 0.25) is 0 Å². The molecule has 214 valence electrons. The number of carbonyl (C=O) groups is 5. The van der Waals surface area contributed by atoms with E-state index in [0.29, 0.717) is 18.5 Å². The summed E-state index contributed by atoms with van der Waals surface area (Å²) < 4.78 is 5.36. The van der Waals surface area contributed by atoms with Gasteiger partial charge in [0.15, 0.2) is 11.7 Å². The highest BCUT2D eigenvalue weighted by atomic mass is 16.6. The number of benzene rings is 2. The Hall–Kier alpha value is -4.45. The fourth-order valence-corrected chi connectivity index (χ4v) is 4.13. The van der Waals surface area contributed by atoms with Crippen LogP contribution in [-0.2, 0) is 41.6 Å². The molecule has 0 aliphatic carbocycles. The highest BCUT2D eigenvalue weighted by Gasteiger charge is 2.63. The summed E-state index contributed by atoms with van der Waals surface area (Å²) in [6.07, 6.45) is -0.803. The molecule has 0 saturated carbocycles. The Bertz CT molecular complexity index is 1220. The molecule has 2 aromatic rings. The number of hydrogen-bond donors (Lipinski definition) is 6. The van der Waals surface area contributed by atoms with Crippen LogP contribution in [0.15, 0.2) is 54.6 Å². The van der Waals surface area contributed by atoms with Crippen LogP contribution in [0.4, 0.5) is 0 Å². The van der Waals surface area contributed by atoms with Gasteiger partial charge in [0.05, 0.1) is 0 Å². The largest absolute Gasteiger partial charge is 0.508 e. The highest BCUT2D eigenvalue weighted by molar-refractivity contribution is 6.01. The Morgan fingerprint density at radius 3 is 2.23 bits per heavy atom. The molecule has 0 bridgehead atoms. The van der Waals surface area contributed by atoms with E-state index in [1.807, 2.05) is 30.3 Å². The van der Waals surface area contributed by atoms with Crippen LogP contribution in [0.3, 0.4) is 0 Å². The Kier molecular flexibility index (Phi) is 10.2. The first kappa shape index (κ1) is 30.1. The molecule has 12 nitrogen and oxygen atoms in total. The number of epoxide rings is 1. The van der Waals surface area contributed by atoms with Gasteiger partial charge in [0.2, 0.25) is 5.91 Å².